The monoisotopic (exact) mass is 485 g/mol. The first-order chi connectivity index (χ1) is 17.5. The number of fused-ring (bicyclic) bond motifs is 3. The van der Waals surface area contributed by atoms with Crippen LogP contribution in [0.25, 0.3) is 11.1 Å². The molecule has 5 aromatic rings. The lowest BCUT2D eigenvalue weighted by atomic mass is 9.67. The van der Waals surface area contributed by atoms with Gasteiger partial charge in [-0.05, 0) is 93.4 Å². The van der Waals surface area contributed by atoms with Gasteiger partial charge in [-0.2, -0.15) is 0 Å². The number of hydrogen-bond acceptors (Lipinski definition) is 1. The third-order valence-corrected chi connectivity index (χ3v) is 8.99. The molecule has 1 nitrogen and oxygen atoms in total. The zero-order chi connectivity index (χ0) is 24.8. The van der Waals surface area contributed by atoms with Gasteiger partial charge >= 0.3 is 0 Å². The molecular weight excluding hydrogens is 454 g/mol. The Morgan fingerprint density at radius 1 is 0.500 bits per heavy atom. The molecular formula is C34H31NS. The summed E-state index contributed by atoms with van der Waals surface area (Å²) in [5.41, 5.74) is 9.70. The van der Waals surface area contributed by atoms with E-state index in [1.807, 2.05) is 0 Å². The van der Waals surface area contributed by atoms with E-state index in [2.05, 4.69) is 151 Å². The lowest BCUT2D eigenvalue weighted by molar-refractivity contribution is 0.769. The van der Waals surface area contributed by atoms with Gasteiger partial charge in [0.25, 0.3) is 0 Å². The highest BCUT2D eigenvalue weighted by molar-refractivity contribution is 8.32. The summed E-state index contributed by atoms with van der Waals surface area (Å²) in [5.74, 6) is 0. The lowest BCUT2D eigenvalue weighted by Crippen LogP contribution is -2.28. The molecule has 0 aliphatic heterocycles. The second kappa shape index (κ2) is 8.72. The van der Waals surface area contributed by atoms with Crippen LogP contribution in [0, 0.1) is 0 Å². The molecule has 0 atom stereocenters. The summed E-state index contributed by atoms with van der Waals surface area (Å²) in [6, 6.07) is 46.6. The molecule has 36 heavy (non-hydrogen) atoms. The zero-order valence-corrected chi connectivity index (χ0v) is 21.8. The highest BCUT2D eigenvalue weighted by atomic mass is 32.3. The normalized spacial score (nSPS) is 14.1. The fourth-order valence-electron chi connectivity index (χ4n) is 5.64. The zero-order valence-electron chi connectivity index (χ0n) is 21.0. The van der Waals surface area contributed by atoms with Gasteiger partial charge in [-0.1, -0.05) is 91.0 Å². The molecule has 2 heteroatoms. The summed E-state index contributed by atoms with van der Waals surface area (Å²) in [6.07, 6.45) is 7.00. The maximum atomic E-state index is 3.69. The molecule has 6 rings (SSSR count). The molecule has 178 valence electrons. The van der Waals surface area contributed by atoms with E-state index >= 15 is 0 Å². The highest BCUT2D eigenvalue weighted by Crippen LogP contribution is 2.56. The smallest absolute Gasteiger partial charge is 0.0714 e. The Labute approximate surface area is 216 Å². The van der Waals surface area contributed by atoms with Gasteiger partial charge in [0.2, 0.25) is 0 Å². The van der Waals surface area contributed by atoms with Gasteiger partial charge in [-0.15, -0.1) is 0 Å². The summed E-state index contributed by atoms with van der Waals surface area (Å²) in [6.45, 7) is 0. The summed E-state index contributed by atoms with van der Waals surface area (Å²) >= 11 is 0. The fraction of sp³-hybridized carbons (Fsp3) is 0.118. The molecule has 0 amide bonds. The summed E-state index contributed by atoms with van der Waals surface area (Å²) in [4.78, 5) is 1.42. The van der Waals surface area contributed by atoms with Gasteiger partial charge in [0, 0.05) is 11.4 Å². The van der Waals surface area contributed by atoms with Gasteiger partial charge in [0.15, 0.2) is 0 Å². The minimum Gasteiger partial charge on any atom is -0.356 e. The third-order valence-electron chi connectivity index (χ3n) is 7.31. The van der Waals surface area contributed by atoms with Crippen molar-refractivity contribution < 1.29 is 0 Å². The Balaban J connectivity index is 1.54. The van der Waals surface area contributed by atoms with Crippen molar-refractivity contribution in [3.8, 4) is 11.1 Å². The number of benzene rings is 5. The van der Waals surface area contributed by atoms with Crippen LogP contribution in [0.15, 0.2) is 132 Å². The van der Waals surface area contributed by atoms with Crippen molar-refractivity contribution in [2.75, 3.05) is 24.1 Å². The third kappa shape index (κ3) is 3.65. The SMILES string of the molecule is CS(C)(C)c1ccc(Nc2ccc3c(c2)C(c2ccccc2)(c2ccccc2)c2ccccc2-3)cc1. The molecule has 0 radical (unpaired) electrons. The fourth-order valence-corrected chi connectivity index (χ4v) is 6.59. The maximum absolute atomic E-state index is 3.69. The first-order valence-electron chi connectivity index (χ1n) is 12.4. The van der Waals surface area contributed by atoms with E-state index in [0.717, 1.165) is 11.4 Å². The van der Waals surface area contributed by atoms with Crippen LogP contribution >= 0.6 is 10.0 Å². The first-order valence-corrected chi connectivity index (χ1v) is 15.2. The molecule has 5 aromatic carbocycles. The molecule has 0 unspecified atom stereocenters. The average molecular weight is 486 g/mol. The molecule has 0 bridgehead atoms. The predicted octanol–water partition coefficient (Wildman–Crippen LogP) is 8.85. The largest absolute Gasteiger partial charge is 0.356 e. The topological polar surface area (TPSA) is 12.0 Å². The Hall–Kier alpha value is -3.75. The standard InChI is InChI=1S/C34H31NS/c1-36(2,3)29-21-18-27(19-22-29)35-28-20-23-31-30-16-10-11-17-32(30)34(33(31)24-28,25-12-6-4-7-13-25)26-14-8-5-9-15-26/h4-24,35H,1-3H3. The van der Waals surface area contributed by atoms with Crippen LogP contribution in [-0.4, -0.2) is 18.8 Å². The van der Waals surface area contributed by atoms with Gasteiger partial charge in [0.05, 0.1) is 5.41 Å². The molecule has 0 spiro atoms. The van der Waals surface area contributed by atoms with Crippen molar-refractivity contribution in [2.45, 2.75) is 10.3 Å². The first kappa shape index (κ1) is 22.7. The van der Waals surface area contributed by atoms with Crippen LogP contribution in [0.2, 0.25) is 0 Å². The molecule has 0 aromatic heterocycles. The molecule has 1 aliphatic rings. The van der Waals surface area contributed by atoms with Crippen LogP contribution in [0.3, 0.4) is 0 Å². The van der Waals surface area contributed by atoms with Crippen molar-refractivity contribution in [1.82, 2.24) is 0 Å². The van der Waals surface area contributed by atoms with Gasteiger partial charge < -0.3 is 5.32 Å². The molecule has 0 saturated heterocycles. The van der Waals surface area contributed by atoms with Gasteiger partial charge in [0.1, 0.15) is 0 Å². The van der Waals surface area contributed by atoms with Crippen molar-refractivity contribution in [2.24, 2.45) is 0 Å². The molecule has 0 saturated carbocycles. The van der Waals surface area contributed by atoms with E-state index in [1.54, 1.807) is 0 Å². The summed E-state index contributed by atoms with van der Waals surface area (Å²) < 4.78 is 0. The van der Waals surface area contributed by atoms with E-state index in [-0.39, 0.29) is 5.41 Å². The van der Waals surface area contributed by atoms with Crippen LogP contribution in [-0.2, 0) is 5.41 Å². The quantitative estimate of drug-likeness (QED) is 0.257. The maximum Gasteiger partial charge on any atom is 0.0714 e. The minimum absolute atomic E-state index is 0.369. The second-order valence-corrected chi connectivity index (χ2v) is 14.4. The predicted molar refractivity (Wildman–Crippen MR) is 157 cm³/mol. The number of hydrogen-bond donors (Lipinski definition) is 1. The van der Waals surface area contributed by atoms with E-state index in [9.17, 15) is 0 Å². The number of anilines is 2. The molecule has 1 N–H and O–H groups in total. The van der Waals surface area contributed by atoms with E-state index in [0.29, 0.717) is 0 Å². The van der Waals surface area contributed by atoms with Crippen molar-refractivity contribution >= 4 is 21.4 Å². The Morgan fingerprint density at radius 3 is 1.64 bits per heavy atom. The Bertz CT molecular complexity index is 1470. The average Bonchev–Trinajstić information content (AvgIpc) is 3.20. The number of nitrogens with one attached hydrogen (secondary N) is 1. The Kier molecular flexibility index (Phi) is 5.50. The molecule has 0 heterocycles. The summed E-state index contributed by atoms with van der Waals surface area (Å²) in [5, 5.41) is 3.69. The van der Waals surface area contributed by atoms with Crippen molar-refractivity contribution in [3.05, 3.63) is 150 Å². The number of rotatable bonds is 5. The van der Waals surface area contributed by atoms with E-state index < -0.39 is 10.0 Å². The minimum atomic E-state index is -0.736. The van der Waals surface area contributed by atoms with Crippen molar-refractivity contribution in [3.63, 3.8) is 0 Å². The lowest BCUT2D eigenvalue weighted by Gasteiger charge is -2.34. The molecule has 0 fully saturated rings. The summed E-state index contributed by atoms with van der Waals surface area (Å²) in [7, 11) is -0.736. The van der Waals surface area contributed by atoms with Gasteiger partial charge in [-0.3, -0.25) is 0 Å². The van der Waals surface area contributed by atoms with E-state index in [4.69, 9.17) is 0 Å². The van der Waals surface area contributed by atoms with Crippen LogP contribution < -0.4 is 5.32 Å². The van der Waals surface area contributed by atoms with E-state index in [1.165, 1.54) is 38.3 Å². The molecule has 1 aliphatic carbocycles. The highest BCUT2D eigenvalue weighted by Gasteiger charge is 2.45. The van der Waals surface area contributed by atoms with Gasteiger partial charge in [-0.25, -0.2) is 10.0 Å². The van der Waals surface area contributed by atoms with Crippen LogP contribution in [0.1, 0.15) is 22.3 Å². The van der Waals surface area contributed by atoms with Crippen LogP contribution in [0.4, 0.5) is 11.4 Å². The Morgan fingerprint density at radius 2 is 1.03 bits per heavy atom. The van der Waals surface area contributed by atoms with Crippen LogP contribution in [0.5, 0.6) is 0 Å². The van der Waals surface area contributed by atoms with Crippen molar-refractivity contribution in [1.29, 1.82) is 0 Å². The second-order valence-electron chi connectivity index (χ2n) is 10.3.